The number of nitrogens with two attached hydrogens (primary N) is 1. The largest absolute Gasteiger partial charge is 0.375 e. The van der Waals surface area contributed by atoms with Gasteiger partial charge in [0, 0.05) is 19.5 Å². The van der Waals surface area contributed by atoms with Gasteiger partial charge in [0.25, 0.3) is 6.43 Å². The minimum absolute atomic E-state index is 0.251. The molecule has 6 heteroatoms. The van der Waals surface area contributed by atoms with E-state index in [9.17, 15) is 8.78 Å². The van der Waals surface area contributed by atoms with Crippen molar-refractivity contribution < 1.29 is 13.5 Å². The summed E-state index contributed by atoms with van der Waals surface area (Å²) >= 11 is 0. The van der Waals surface area contributed by atoms with Crippen molar-refractivity contribution in [3.8, 4) is 0 Å². The lowest BCUT2D eigenvalue weighted by Crippen LogP contribution is -2.10. The van der Waals surface area contributed by atoms with Gasteiger partial charge in [-0.1, -0.05) is 13.0 Å². The number of hydrogen-bond acceptors (Lipinski definition) is 3. The summed E-state index contributed by atoms with van der Waals surface area (Å²) in [4.78, 5) is 4.60. The van der Waals surface area contributed by atoms with E-state index >= 15 is 0 Å². The van der Waals surface area contributed by atoms with Crippen molar-refractivity contribution in [2.75, 3.05) is 13.2 Å². The zero-order chi connectivity index (χ0) is 15.2. The van der Waals surface area contributed by atoms with E-state index in [4.69, 9.17) is 10.5 Å². The third-order valence-electron chi connectivity index (χ3n) is 3.29. The number of hydrogen-bond donors (Lipinski definition) is 1. The van der Waals surface area contributed by atoms with Gasteiger partial charge >= 0.3 is 0 Å². The van der Waals surface area contributed by atoms with Gasteiger partial charge in [0.05, 0.1) is 17.6 Å². The number of rotatable bonds is 8. The van der Waals surface area contributed by atoms with Gasteiger partial charge in [-0.3, -0.25) is 0 Å². The molecule has 0 radical (unpaired) electrons. The highest BCUT2D eigenvalue weighted by atomic mass is 19.3. The second kappa shape index (κ2) is 7.47. The van der Waals surface area contributed by atoms with Crippen LogP contribution in [-0.2, 0) is 24.2 Å². The second-order valence-electron chi connectivity index (χ2n) is 4.92. The van der Waals surface area contributed by atoms with Crippen LogP contribution >= 0.6 is 0 Å². The summed E-state index contributed by atoms with van der Waals surface area (Å²) in [5.41, 5.74) is 8.63. The molecule has 21 heavy (non-hydrogen) atoms. The van der Waals surface area contributed by atoms with Crippen molar-refractivity contribution >= 4 is 11.0 Å². The first-order valence-electron chi connectivity index (χ1n) is 7.19. The van der Waals surface area contributed by atoms with E-state index in [2.05, 4.69) is 16.5 Å². The number of ether oxygens (including phenoxy) is 1. The van der Waals surface area contributed by atoms with Gasteiger partial charge in [-0.05, 0) is 24.1 Å². The molecule has 116 valence electrons. The van der Waals surface area contributed by atoms with Crippen molar-refractivity contribution in [1.82, 2.24) is 9.55 Å². The quantitative estimate of drug-likeness (QED) is 0.762. The zero-order valence-corrected chi connectivity index (χ0v) is 12.2. The van der Waals surface area contributed by atoms with Crippen LogP contribution in [0.5, 0.6) is 0 Å². The first-order valence-corrected chi connectivity index (χ1v) is 7.19. The van der Waals surface area contributed by atoms with E-state index < -0.39 is 13.0 Å². The monoisotopic (exact) mass is 297 g/mol. The third-order valence-corrected chi connectivity index (χ3v) is 3.29. The molecule has 2 N–H and O–H groups in total. The van der Waals surface area contributed by atoms with Crippen LogP contribution in [0.3, 0.4) is 0 Å². The lowest BCUT2D eigenvalue weighted by molar-refractivity contribution is 0.0181. The Morgan fingerprint density at radius 2 is 2.19 bits per heavy atom. The molecule has 0 fully saturated rings. The van der Waals surface area contributed by atoms with Gasteiger partial charge in [0.2, 0.25) is 0 Å². The molecule has 1 aromatic heterocycles. The molecule has 0 bridgehead atoms. The van der Waals surface area contributed by atoms with Crippen LogP contribution in [0.1, 0.15) is 24.7 Å². The number of aromatic nitrogens is 2. The lowest BCUT2D eigenvalue weighted by Gasteiger charge is -2.08. The zero-order valence-electron chi connectivity index (χ0n) is 12.2. The van der Waals surface area contributed by atoms with Gasteiger partial charge < -0.3 is 15.0 Å². The molecular weight excluding hydrogens is 276 g/mol. The predicted molar refractivity (Wildman–Crippen MR) is 78.4 cm³/mol. The number of fused-ring (bicyclic) bond motifs is 1. The fraction of sp³-hybridized carbons (Fsp3) is 0.533. The molecule has 0 aliphatic heterocycles. The van der Waals surface area contributed by atoms with E-state index in [0.717, 1.165) is 35.4 Å². The molecular formula is C15H21F2N3O. The van der Waals surface area contributed by atoms with Gasteiger partial charge in [0.1, 0.15) is 12.4 Å². The maximum absolute atomic E-state index is 12.1. The number of halogens is 2. The molecule has 1 heterocycles. The summed E-state index contributed by atoms with van der Waals surface area (Å²) in [6.45, 7) is 3.15. The smallest absolute Gasteiger partial charge is 0.261 e. The van der Waals surface area contributed by atoms with Crippen LogP contribution in [-0.4, -0.2) is 29.2 Å². The standard InChI is InChI=1S/C15H21F2N3O/c1-2-6-20-13-4-3-11(9-18)8-12(13)19-15(20)5-7-21-10-14(16)17/h3-4,8,14H,2,5-7,9-10,18H2,1H3. The molecule has 0 aliphatic carbocycles. The molecule has 0 saturated heterocycles. The fourth-order valence-corrected chi connectivity index (χ4v) is 2.35. The number of nitrogens with zero attached hydrogens (tertiary/aromatic N) is 2. The van der Waals surface area contributed by atoms with Crippen molar-refractivity contribution in [2.45, 2.75) is 39.3 Å². The minimum Gasteiger partial charge on any atom is -0.375 e. The highest BCUT2D eigenvalue weighted by Gasteiger charge is 2.11. The molecule has 0 spiro atoms. The first kappa shape index (κ1) is 15.9. The second-order valence-corrected chi connectivity index (χ2v) is 4.92. The van der Waals surface area contributed by atoms with E-state index in [1.165, 1.54) is 0 Å². The lowest BCUT2D eigenvalue weighted by atomic mass is 10.2. The average Bonchev–Trinajstić information content (AvgIpc) is 2.81. The number of aryl methyl sites for hydroxylation is 1. The number of benzene rings is 1. The molecule has 1 aromatic carbocycles. The van der Waals surface area contributed by atoms with E-state index in [1.54, 1.807) is 0 Å². The maximum Gasteiger partial charge on any atom is 0.261 e. The summed E-state index contributed by atoms with van der Waals surface area (Å²) in [5, 5.41) is 0. The maximum atomic E-state index is 12.1. The van der Waals surface area contributed by atoms with Crippen LogP contribution < -0.4 is 5.73 Å². The van der Waals surface area contributed by atoms with Gasteiger partial charge in [-0.25, -0.2) is 13.8 Å². The van der Waals surface area contributed by atoms with Gasteiger partial charge in [-0.2, -0.15) is 0 Å². The van der Waals surface area contributed by atoms with E-state index in [1.807, 2.05) is 18.2 Å². The normalized spacial score (nSPS) is 11.7. The SMILES string of the molecule is CCCn1c(CCOCC(F)F)nc2cc(CN)ccc21. The van der Waals surface area contributed by atoms with Crippen molar-refractivity contribution in [3.05, 3.63) is 29.6 Å². The third kappa shape index (κ3) is 3.98. The molecule has 0 saturated carbocycles. The summed E-state index contributed by atoms with van der Waals surface area (Å²) in [6.07, 6.45) is -0.916. The Morgan fingerprint density at radius 1 is 1.38 bits per heavy atom. The summed E-state index contributed by atoms with van der Waals surface area (Å²) in [6, 6.07) is 5.99. The molecule has 0 amide bonds. The van der Waals surface area contributed by atoms with Crippen LogP contribution in [0.15, 0.2) is 18.2 Å². The van der Waals surface area contributed by atoms with Crippen LogP contribution in [0.25, 0.3) is 11.0 Å². The summed E-state index contributed by atoms with van der Waals surface area (Å²) in [5.74, 6) is 0.871. The van der Waals surface area contributed by atoms with Crippen molar-refractivity contribution in [3.63, 3.8) is 0 Å². The predicted octanol–water partition coefficient (Wildman–Crippen LogP) is 2.73. The van der Waals surface area contributed by atoms with Crippen LogP contribution in [0.2, 0.25) is 0 Å². The van der Waals surface area contributed by atoms with Crippen molar-refractivity contribution in [2.24, 2.45) is 5.73 Å². The summed E-state index contributed by atoms with van der Waals surface area (Å²) < 4.78 is 31.2. The van der Waals surface area contributed by atoms with Gasteiger partial charge in [-0.15, -0.1) is 0 Å². The highest BCUT2D eigenvalue weighted by molar-refractivity contribution is 5.77. The Kier molecular flexibility index (Phi) is 5.64. The van der Waals surface area contributed by atoms with Crippen LogP contribution in [0.4, 0.5) is 8.78 Å². The average molecular weight is 297 g/mol. The molecule has 4 nitrogen and oxygen atoms in total. The summed E-state index contributed by atoms with van der Waals surface area (Å²) in [7, 11) is 0. The highest BCUT2D eigenvalue weighted by Crippen LogP contribution is 2.19. The van der Waals surface area contributed by atoms with E-state index in [-0.39, 0.29) is 6.61 Å². The Morgan fingerprint density at radius 3 is 2.86 bits per heavy atom. The number of imidazole rings is 1. The van der Waals surface area contributed by atoms with Gasteiger partial charge in [0.15, 0.2) is 0 Å². The molecule has 2 rings (SSSR count). The van der Waals surface area contributed by atoms with Crippen LogP contribution in [0, 0.1) is 0 Å². The Labute approximate surface area is 122 Å². The minimum atomic E-state index is -2.42. The Bertz CT molecular complexity index is 584. The first-order chi connectivity index (χ1) is 10.2. The van der Waals surface area contributed by atoms with E-state index in [0.29, 0.717) is 13.0 Å². The molecule has 0 unspecified atom stereocenters. The van der Waals surface area contributed by atoms with Crippen molar-refractivity contribution in [1.29, 1.82) is 0 Å². The molecule has 2 aromatic rings. The fourth-order valence-electron chi connectivity index (χ4n) is 2.35. The molecule has 0 aliphatic rings. The molecule has 0 atom stereocenters. The Balaban J connectivity index is 2.18. The Hall–Kier alpha value is -1.53. The number of alkyl halides is 2. The topological polar surface area (TPSA) is 53.1 Å².